The van der Waals surface area contributed by atoms with Crippen LogP contribution in [0.1, 0.15) is 81.0 Å². The van der Waals surface area contributed by atoms with Crippen LogP contribution < -0.4 is 21.1 Å². The van der Waals surface area contributed by atoms with Gasteiger partial charge in [-0.2, -0.15) is 0 Å². The van der Waals surface area contributed by atoms with Crippen LogP contribution in [-0.4, -0.2) is 83.3 Å². The quantitative estimate of drug-likeness (QED) is 0.211. The summed E-state index contributed by atoms with van der Waals surface area (Å²) < 4.78 is 19.4. The molecule has 3 heterocycles. The molecule has 258 valence electrons. The van der Waals surface area contributed by atoms with Crippen LogP contribution in [0.2, 0.25) is 0 Å². The molecule has 5 rings (SSSR count). The fraction of sp³-hybridized carbons (Fsp3) is 0.543. The predicted molar refractivity (Wildman–Crippen MR) is 187 cm³/mol. The number of likely N-dealkylation sites (tertiary alicyclic amines) is 1. The smallest absolute Gasteiger partial charge is 0.266 e. The Morgan fingerprint density at radius 3 is 2.32 bits per heavy atom. The van der Waals surface area contributed by atoms with Gasteiger partial charge in [0.05, 0.1) is 24.1 Å². The minimum absolute atomic E-state index is 0.0786. The van der Waals surface area contributed by atoms with Crippen molar-refractivity contribution in [2.75, 3.05) is 45.5 Å². The van der Waals surface area contributed by atoms with E-state index in [0.717, 1.165) is 18.0 Å². The summed E-state index contributed by atoms with van der Waals surface area (Å²) in [6, 6.07) is 15.7. The SMILES string of the molecule is CCCC1CCNCC1.CCCCN.CS(=O)NCC(=O)N1CC[C@H](c2ccccc2)C1C(=O)NCC(=O)c1nc2ccccc2o1. The molecule has 3 atom stereocenters. The number of hydrogen-bond acceptors (Lipinski definition) is 8. The molecule has 12 heteroatoms. The van der Waals surface area contributed by atoms with Crippen LogP contribution in [0.25, 0.3) is 11.1 Å². The zero-order valence-electron chi connectivity index (χ0n) is 28.0. The molecule has 0 spiro atoms. The van der Waals surface area contributed by atoms with E-state index < -0.39 is 28.7 Å². The van der Waals surface area contributed by atoms with Crippen molar-refractivity contribution in [3.8, 4) is 0 Å². The Hall–Kier alpha value is -3.45. The zero-order chi connectivity index (χ0) is 34.0. The fourth-order valence-corrected chi connectivity index (χ4v) is 6.16. The summed E-state index contributed by atoms with van der Waals surface area (Å²) in [6.07, 6.45) is 10.1. The number of para-hydroxylation sites is 2. The number of fused-ring (bicyclic) bond motifs is 1. The highest BCUT2D eigenvalue weighted by molar-refractivity contribution is 7.82. The number of oxazole rings is 1. The molecule has 11 nitrogen and oxygen atoms in total. The first kappa shape index (κ1) is 38.0. The second-order valence-electron chi connectivity index (χ2n) is 11.9. The van der Waals surface area contributed by atoms with Gasteiger partial charge in [-0.3, -0.25) is 14.4 Å². The van der Waals surface area contributed by atoms with Gasteiger partial charge in [-0.15, -0.1) is 0 Å². The molecule has 2 aromatic carbocycles. The van der Waals surface area contributed by atoms with Crippen LogP contribution in [-0.2, 0) is 20.6 Å². The number of nitrogens with one attached hydrogen (secondary N) is 3. The summed E-state index contributed by atoms with van der Waals surface area (Å²) in [4.78, 5) is 44.2. The molecule has 2 saturated heterocycles. The number of hydrogen-bond donors (Lipinski definition) is 4. The van der Waals surface area contributed by atoms with Crippen LogP contribution in [0.4, 0.5) is 0 Å². The predicted octanol–water partition coefficient (Wildman–Crippen LogP) is 3.93. The number of piperidine rings is 1. The van der Waals surface area contributed by atoms with Crippen molar-refractivity contribution < 1.29 is 23.0 Å². The van der Waals surface area contributed by atoms with E-state index in [1.54, 1.807) is 24.3 Å². The van der Waals surface area contributed by atoms with Gasteiger partial charge in [0.1, 0.15) is 11.6 Å². The van der Waals surface area contributed by atoms with E-state index >= 15 is 0 Å². The van der Waals surface area contributed by atoms with E-state index in [1.165, 1.54) is 62.8 Å². The molecule has 0 saturated carbocycles. The van der Waals surface area contributed by atoms with Gasteiger partial charge in [0.2, 0.25) is 17.6 Å². The topological polar surface area (TPSA) is 160 Å². The number of carbonyl (C=O) groups is 3. The Balaban J connectivity index is 0.000000356. The van der Waals surface area contributed by atoms with Crippen LogP contribution in [0, 0.1) is 5.92 Å². The molecule has 1 aromatic heterocycles. The molecule has 0 aliphatic carbocycles. The van der Waals surface area contributed by atoms with Gasteiger partial charge in [-0.05, 0) is 68.9 Å². The van der Waals surface area contributed by atoms with Gasteiger partial charge in [0, 0.05) is 18.7 Å². The highest BCUT2D eigenvalue weighted by atomic mass is 32.2. The Morgan fingerprint density at radius 2 is 1.70 bits per heavy atom. The maximum Gasteiger partial charge on any atom is 0.266 e. The number of nitrogens with two attached hydrogens (primary N) is 1. The van der Waals surface area contributed by atoms with Crippen LogP contribution >= 0.6 is 0 Å². The van der Waals surface area contributed by atoms with E-state index in [-0.39, 0.29) is 30.8 Å². The van der Waals surface area contributed by atoms with E-state index in [1.807, 2.05) is 30.3 Å². The number of ketones is 1. The number of aromatic nitrogens is 1. The van der Waals surface area contributed by atoms with Crippen molar-refractivity contribution in [1.29, 1.82) is 0 Å². The van der Waals surface area contributed by atoms with Crippen molar-refractivity contribution in [2.24, 2.45) is 11.7 Å². The minimum Gasteiger partial charge on any atom is -0.434 e. The number of rotatable bonds is 12. The van der Waals surface area contributed by atoms with Gasteiger partial charge in [0.25, 0.3) is 5.89 Å². The van der Waals surface area contributed by atoms with Crippen molar-refractivity contribution in [2.45, 2.75) is 70.8 Å². The molecule has 2 fully saturated rings. The van der Waals surface area contributed by atoms with Gasteiger partial charge in [0.15, 0.2) is 5.58 Å². The van der Waals surface area contributed by atoms with Gasteiger partial charge in [-0.1, -0.05) is 75.6 Å². The molecular formula is C35H52N6O5S. The largest absolute Gasteiger partial charge is 0.434 e. The number of unbranched alkanes of at least 4 members (excludes halogenated alkanes) is 1. The zero-order valence-corrected chi connectivity index (χ0v) is 28.9. The minimum atomic E-state index is -1.35. The normalized spacial score (nSPS) is 18.4. The molecular weight excluding hydrogens is 616 g/mol. The van der Waals surface area contributed by atoms with E-state index in [0.29, 0.717) is 24.1 Å². The molecule has 47 heavy (non-hydrogen) atoms. The highest BCUT2D eigenvalue weighted by Gasteiger charge is 2.42. The summed E-state index contributed by atoms with van der Waals surface area (Å²) in [6.45, 7) is 7.70. The average Bonchev–Trinajstić information content (AvgIpc) is 3.74. The maximum atomic E-state index is 13.2. The van der Waals surface area contributed by atoms with Crippen molar-refractivity contribution in [3.63, 3.8) is 0 Å². The lowest BCUT2D eigenvalue weighted by atomic mass is 9.91. The summed E-state index contributed by atoms with van der Waals surface area (Å²) in [5, 5.41) is 6.03. The van der Waals surface area contributed by atoms with Crippen LogP contribution in [0.3, 0.4) is 0 Å². The molecule has 2 aliphatic rings. The lowest BCUT2D eigenvalue weighted by Crippen LogP contribution is -2.51. The first-order valence-corrected chi connectivity index (χ1v) is 18.3. The van der Waals surface area contributed by atoms with Crippen LogP contribution in [0.15, 0.2) is 59.0 Å². The number of benzene rings is 2. The fourth-order valence-electron chi connectivity index (χ4n) is 5.83. The molecule has 2 amide bonds. The summed E-state index contributed by atoms with van der Waals surface area (Å²) in [5.74, 6) is -0.483. The Kier molecular flexibility index (Phi) is 16.7. The summed E-state index contributed by atoms with van der Waals surface area (Å²) in [7, 11) is -1.35. The van der Waals surface area contributed by atoms with Gasteiger partial charge >= 0.3 is 0 Å². The average molecular weight is 669 g/mol. The van der Waals surface area contributed by atoms with Crippen molar-refractivity contribution in [3.05, 3.63) is 66.1 Å². The Bertz CT molecular complexity index is 1370. The first-order valence-electron chi connectivity index (χ1n) is 16.8. The number of amides is 2. The summed E-state index contributed by atoms with van der Waals surface area (Å²) >= 11 is 0. The highest BCUT2D eigenvalue weighted by Crippen LogP contribution is 2.33. The third-order valence-electron chi connectivity index (χ3n) is 8.31. The molecule has 0 bridgehead atoms. The lowest BCUT2D eigenvalue weighted by Gasteiger charge is -2.27. The van der Waals surface area contributed by atoms with Crippen molar-refractivity contribution >= 4 is 39.7 Å². The molecule has 5 N–H and O–H groups in total. The first-order chi connectivity index (χ1) is 22.8. The third kappa shape index (κ3) is 12.3. The number of carbonyl (C=O) groups excluding carboxylic acids is 3. The molecule has 0 radical (unpaired) electrons. The second-order valence-corrected chi connectivity index (χ2v) is 13.1. The molecule has 3 aromatic rings. The Labute approximate surface area is 281 Å². The van der Waals surface area contributed by atoms with E-state index in [9.17, 15) is 18.6 Å². The van der Waals surface area contributed by atoms with Gasteiger partial charge < -0.3 is 25.7 Å². The summed E-state index contributed by atoms with van der Waals surface area (Å²) in [5.41, 5.74) is 7.12. The third-order valence-corrected chi connectivity index (χ3v) is 8.86. The second kappa shape index (κ2) is 20.7. The number of Topliss-reactive ketones (excluding diaryl/α,β-unsaturated/α-hetero) is 1. The monoisotopic (exact) mass is 668 g/mol. The van der Waals surface area contributed by atoms with Gasteiger partial charge in [-0.25, -0.2) is 13.9 Å². The lowest BCUT2D eigenvalue weighted by molar-refractivity contribution is -0.137. The van der Waals surface area contributed by atoms with Crippen molar-refractivity contribution in [1.82, 2.24) is 25.2 Å². The van der Waals surface area contributed by atoms with Crippen LogP contribution in [0.5, 0.6) is 0 Å². The Morgan fingerprint density at radius 1 is 1.00 bits per heavy atom. The molecule has 2 aliphatic heterocycles. The molecule has 2 unspecified atom stereocenters. The van der Waals surface area contributed by atoms with E-state index in [4.69, 9.17) is 10.2 Å². The standard InChI is InChI=1S/C23H24N4O5S.C8H17N.C4H11N/c1-33(31)25-14-20(29)27-12-11-16(15-7-3-2-4-8-15)21(27)22(30)24-13-18(28)23-26-17-9-5-6-10-19(17)32-23;1-2-3-8-4-6-9-7-5-8;1-2-3-4-5/h2-10,16,21,25H,11-14H2,1H3,(H,24,30);8-9H,2-7H2,1H3;2-5H2,1H3/t16-,21?,33?;;/m1../s1. The van der Waals surface area contributed by atoms with E-state index in [2.05, 4.69) is 34.2 Å². The number of nitrogens with zero attached hydrogens (tertiary/aromatic N) is 2. The maximum absolute atomic E-state index is 13.2.